The van der Waals surface area contributed by atoms with Crippen LogP contribution in [0.5, 0.6) is 0 Å². The molecule has 0 aliphatic carbocycles. The fourth-order valence-corrected chi connectivity index (χ4v) is 2.34. The van der Waals surface area contributed by atoms with Crippen LogP contribution in [0.3, 0.4) is 0 Å². The molecule has 0 bridgehead atoms. The van der Waals surface area contributed by atoms with Crippen LogP contribution in [0.25, 0.3) is 16.4 Å². The zero-order chi connectivity index (χ0) is 15.4. The summed E-state index contributed by atoms with van der Waals surface area (Å²) in [6, 6.07) is 5.61. The Labute approximate surface area is 116 Å². The molecule has 0 amide bonds. The molecule has 0 radical (unpaired) electrons. The lowest BCUT2D eigenvalue weighted by Gasteiger charge is -2.06. The molecule has 0 aliphatic rings. The Morgan fingerprint density at radius 1 is 1.29 bits per heavy atom. The summed E-state index contributed by atoms with van der Waals surface area (Å²) in [5, 5.41) is 11.8. The molecule has 108 valence electrons. The summed E-state index contributed by atoms with van der Waals surface area (Å²) >= 11 is 0. The van der Waals surface area contributed by atoms with Crippen molar-refractivity contribution in [2.75, 3.05) is 0 Å². The number of nitrogens with zero attached hydrogens (tertiary/aromatic N) is 2. The molecular formula is C14H8F3N2O2-. The second-order valence-electron chi connectivity index (χ2n) is 4.64. The van der Waals surface area contributed by atoms with Crippen LogP contribution in [-0.4, -0.2) is 15.4 Å². The summed E-state index contributed by atoms with van der Waals surface area (Å²) in [6.45, 7) is 1.34. The van der Waals surface area contributed by atoms with Gasteiger partial charge in [-0.2, -0.15) is 13.2 Å². The Hall–Kier alpha value is -2.57. The molecule has 3 rings (SSSR count). The molecule has 0 saturated heterocycles. The van der Waals surface area contributed by atoms with Gasteiger partial charge in [0.15, 0.2) is 5.69 Å². The van der Waals surface area contributed by atoms with E-state index in [0.29, 0.717) is 10.8 Å². The average Bonchev–Trinajstić information content (AvgIpc) is 2.75. The van der Waals surface area contributed by atoms with E-state index in [-0.39, 0.29) is 16.9 Å². The number of hydrogen-bond donors (Lipinski definition) is 0. The van der Waals surface area contributed by atoms with E-state index in [4.69, 9.17) is 0 Å². The average molecular weight is 293 g/mol. The minimum atomic E-state index is -4.53. The van der Waals surface area contributed by atoms with E-state index in [0.717, 1.165) is 0 Å². The van der Waals surface area contributed by atoms with Crippen LogP contribution in [0.1, 0.15) is 21.7 Å². The SMILES string of the molecule is Cc1c(C(F)(F)F)nc2c3ccc(C(=O)[O-])cc3ccn12. The fraction of sp³-hybridized carbons (Fsp3) is 0.143. The number of aromatic carboxylic acids is 1. The first-order chi connectivity index (χ1) is 9.79. The number of pyridine rings is 1. The van der Waals surface area contributed by atoms with Crippen molar-refractivity contribution in [1.82, 2.24) is 9.38 Å². The van der Waals surface area contributed by atoms with E-state index in [9.17, 15) is 23.1 Å². The normalized spacial score (nSPS) is 12.2. The predicted molar refractivity (Wildman–Crippen MR) is 66.8 cm³/mol. The first-order valence-electron chi connectivity index (χ1n) is 5.99. The summed E-state index contributed by atoms with van der Waals surface area (Å²) in [5.41, 5.74) is -0.851. The molecule has 2 heterocycles. The van der Waals surface area contributed by atoms with E-state index < -0.39 is 17.8 Å². The Morgan fingerprint density at radius 3 is 2.62 bits per heavy atom. The third-order valence-electron chi connectivity index (χ3n) is 3.35. The van der Waals surface area contributed by atoms with Crippen molar-refractivity contribution in [2.24, 2.45) is 0 Å². The number of alkyl halides is 3. The van der Waals surface area contributed by atoms with Gasteiger partial charge >= 0.3 is 6.18 Å². The molecule has 0 fully saturated rings. The lowest BCUT2D eigenvalue weighted by Crippen LogP contribution is -2.21. The predicted octanol–water partition coefficient (Wildman–Crippen LogP) is 2.18. The standard InChI is InChI=1S/C14H9F3N2O2/c1-7-11(14(15,16)17)18-12-10-3-2-9(13(20)21)6-8(10)4-5-19(7)12/h2-6H,1H3,(H,20,21)/p-1. The van der Waals surface area contributed by atoms with Crippen LogP contribution >= 0.6 is 0 Å². The quantitative estimate of drug-likeness (QED) is 0.691. The molecule has 4 nitrogen and oxygen atoms in total. The van der Waals surface area contributed by atoms with Crippen molar-refractivity contribution in [1.29, 1.82) is 0 Å². The maximum Gasteiger partial charge on any atom is 0.435 e. The van der Waals surface area contributed by atoms with E-state index in [1.54, 1.807) is 6.07 Å². The third kappa shape index (κ3) is 2.01. The first-order valence-corrected chi connectivity index (χ1v) is 5.99. The lowest BCUT2D eigenvalue weighted by atomic mass is 10.1. The summed E-state index contributed by atoms with van der Waals surface area (Å²) < 4.78 is 40.0. The highest BCUT2D eigenvalue weighted by molar-refractivity contribution is 5.99. The summed E-state index contributed by atoms with van der Waals surface area (Å²) in [5.74, 6) is -1.34. The molecule has 1 aromatic carbocycles. The van der Waals surface area contributed by atoms with Crippen molar-refractivity contribution in [2.45, 2.75) is 13.1 Å². The molecule has 0 N–H and O–H groups in total. The number of aromatic nitrogens is 2. The van der Waals surface area contributed by atoms with Crippen LogP contribution in [0.2, 0.25) is 0 Å². The number of rotatable bonds is 1. The molecule has 0 saturated carbocycles. The van der Waals surface area contributed by atoms with Crippen molar-refractivity contribution in [3.63, 3.8) is 0 Å². The number of fused-ring (bicyclic) bond motifs is 3. The maximum absolute atomic E-state index is 12.9. The van der Waals surface area contributed by atoms with E-state index in [2.05, 4.69) is 4.98 Å². The number of carbonyl (C=O) groups is 1. The number of hydrogen-bond acceptors (Lipinski definition) is 3. The van der Waals surface area contributed by atoms with Gasteiger partial charge in [0.1, 0.15) is 5.65 Å². The molecule has 0 aliphatic heterocycles. The highest BCUT2D eigenvalue weighted by atomic mass is 19.4. The topological polar surface area (TPSA) is 57.4 Å². The van der Waals surface area contributed by atoms with Crippen LogP contribution in [0.15, 0.2) is 30.5 Å². The van der Waals surface area contributed by atoms with Crippen LogP contribution < -0.4 is 5.11 Å². The maximum atomic E-state index is 12.9. The van der Waals surface area contributed by atoms with Crippen molar-refractivity contribution in [3.05, 3.63) is 47.4 Å². The van der Waals surface area contributed by atoms with Crippen LogP contribution in [0, 0.1) is 6.92 Å². The van der Waals surface area contributed by atoms with Crippen molar-refractivity contribution < 1.29 is 23.1 Å². The van der Waals surface area contributed by atoms with Gasteiger partial charge in [0.2, 0.25) is 0 Å². The van der Waals surface area contributed by atoms with Gasteiger partial charge < -0.3 is 14.3 Å². The number of carboxylic acid groups (broad SMARTS) is 1. The summed E-state index contributed by atoms with van der Waals surface area (Å²) in [4.78, 5) is 14.5. The second kappa shape index (κ2) is 4.21. The van der Waals surface area contributed by atoms with Gasteiger partial charge in [0.05, 0.1) is 11.7 Å². The Balaban J connectivity index is 2.36. The monoisotopic (exact) mass is 293 g/mol. The van der Waals surface area contributed by atoms with Gasteiger partial charge in [0.25, 0.3) is 0 Å². The molecule has 0 unspecified atom stereocenters. The fourth-order valence-electron chi connectivity index (χ4n) is 2.34. The summed E-state index contributed by atoms with van der Waals surface area (Å²) in [7, 11) is 0. The lowest BCUT2D eigenvalue weighted by molar-refractivity contribution is -0.255. The van der Waals surface area contributed by atoms with Crippen molar-refractivity contribution in [3.8, 4) is 0 Å². The van der Waals surface area contributed by atoms with E-state index in [1.807, 2.05) is 0 Å². The molecule has 0 spiro atoms. The first kappa shape index (κ1) is 13.4. The highest BCUT2D eigenvalue weighted by Gasteiger charge is 2.36. The Morgan fingerprint density at radius 2 is 2.00 bits per heavy atom. The largest absolute Gasteiger partial charge is 0.545 e. The van der Waals surface area contributed by atoms with Crippen LogP contribution in [-0.2, 0) is 6.18 Å². The van der Waals surface area contributed by atoms with Gasteiger partial charge in [0, 0.05) is 11.6 Å². The Bertz CT molecular complexity index is 881. The molecule has 21 heavy (non-hydrogen) atoms. The second-order valence-corrected chi connectivity index (χ2v) is 4.64. The van der Waals surface area contributed by atoms with Gasteiger partial charge in [-0.05, 0) is 36.1 Å². The molecule has 2 aromatic heterocycles. The van der Waals surface area contributed by atoms with E-state index >= 15 is 0 Å². The summed E-state index contributed by atoms with van der Waals surface area (Å²) in [6.07, 6.45) is -3.10. The van der Waals surface area contributed by atoms with E-state index in [1.165, 1.54) is 35.7 Å². The minimum Gasteiger partial charge on any atom is -0.545 e. The number of carbonyl (C=O) groups excluding carboxylic acids is 1. The van der Waals surface area contributed by atoms with Gasteiger partial charge in [-0.15, -0.1) is 0 Å². The Kier molecular flexibility index (Phi) is 2.69. The number of imidazole rings is 1. The molecular weight excluding hydrogens is 285 g/mol. The zero-order valence-electron chi connectivity index (χ0n) is 10.7. The highest BCUT2D eigenvalue weighted by Crippen LogP contribution is 2.33. The van der Waals surface area contributed by atoms with Gasteiger partial charge in [-0.1, -0.05) is 6.07 Å². The zero-order valence-corrected chi connectivity index (χ0v) is 10.7. The number of halogens is 3. The van der Waals surface area contributed by atoms with Gasteiger partial charge in [-0.25, -0.2) is 4.98 Å². The number of aryl methyl sites for hydroxylation is 1. The van der Waals surface area contributed by atoms with Crippen molar-refractivity contribution >= 4 is 22.4 Å². The van der Waals surface area contributed by atoms with Gasteiger partial charge in [-0.3, -0.25) is 0 Å². The molecule has 0 atom stereocenters. The molecule has 3 aromatic rings. The third-order valence-corrected chi connectivity index (χ3v) is 3.35. The smallest absolute Gasteiger partial charge is 0.435 e. The molecule has 7 heteroatoms. The van der Waals surface area contributed by atoms with Crippen LogP contribution in [0.4, 0.5) is 13.2 Å². The minimum absolute atomic E-state index is 0.0108. The number of carboxylic acids is 1. The number of benzene rings is 1.